The van der Waals surface area contributed by atoms with E-state index in [9.17, 15) is 43.2 Å². The van der Waals surface area contributed by atoms with Crippen LogP contribution >= 0.6 is 15.6 Å². The Morgan fingerprint density at radius 1 is 0.284 bits per heavy atom. The molecule has 0 saturated carbocycles. The smallest absolute Gasteiger partial charge is 0.462 e. The minimum Gasteiger partial charge on any atom is -0.462 e. The van der Waals surface area contributed by atoms with Crippen LogP contribution in [0.2, 0.25) is 0 Å². The third-order valence-corrected chi connectivity index (χ3v) is 19.6. The lowest BCUT2D eigenvalue weighted by Crippen LogP contribution is -2.30. The van der Waals surface area contributed by atoms with E-state index in [2.05, 4.69) is 41.5 Å². The molecule has 0 rings (SSSR count). The van der Waals surface area contributed by atoms with E-state index in [0.717, 1.165) is 115 Å². The zero-order valence-electron chi connectivity index (χ0n) is 62.0. The summed E-state index contributed by atoms with van der Waals surface area (Å²) < 4.78 is 68.4. The van der Waals surface area contributed by atoms with Crippen molar-refractivity contribution in [2.75, 3.05) is 39.6 Å². The molecule has 0 heterocycles. The molecule has 2 unspecified atom stereocenters. The molecule has 95 heavy (non-hydrogen) atoms. The Labute approximate surface area is 581 Å². The zero-order chi connectivity index (χ0) is 70.0. The van der Waals surface area contributed by atoms with E-state index in [4.69, 9.17) is 37.0 Å². The van der Waals surface area contributed by atoms with Crippen LogP contribution in [0.25, 0.3) is 0 Å². The summed E-state index contributed by atoms with van der Waals surface area (Å²) in [5, 5.41) is 10.6. The van der Waals surface area contributed by atoms with Crippen molar-refractivity contribution in [2.24, 2.45) is 11.8 Å². The Balaban J connectivity index is 5.16. The van der Waals surface area contributed by atoms with Gasteiger partial charge in [0.1, 0.15) is 19.3 Å². The van der Waals surface area contributed by atoms with Gasteiger partial charge in [-0.2, -0.15) is 0 Å². The molecule has 0 radical (unpaired) electrons. The standard InChI is InChI=1S/C76H148O17P2/c1-7-9-11-13-15-16-17-24-30-36-42-48-54-60-75(80)92-71(64-86-73(78)58-52-46-38-14-12-10-8-2)66-90-94(82,83)88-62-70(77)63-89-95(84,85)91-67-72(65-87-74(79)59-53-47-41-35-32-27-29-34-40-45-51-57-69(5)6)93-76(81)61-55-49-43-37-31-26-23-21-19-18-20-22-25-28-33-39-44-50-56-68(3)4/h68-72,77H,7-67H2,1-6H3,(H,82,83)(H,84,85)/t70-,71+,72+/m0/s1. The normalized spacial score (nSPS) is 14.0. The van der Waals surface area contributed by atoms with Crippen LogP contribution in [0, 0.1) is 11.8 Å². The van der Waals surface area contributed by atoms with Crippen LogP contribution in [0.5, 0.6) is 0 Å². The fourth-order valence-electron chi connectivity index (χ4n) is 11.7. The van der Waals surface area contributed by atoms with E-state index >= 15 is 0 Å². The van der Waals surface area contributed by atoms with Crippen molar-refractivity contribution in [3.63, 3.8) is 0 Å². The predicted octanol–water partition coefficient (Wildman–Crippen LogP) is 22.3. The predicted molar refractivity (Wildman–Crippen MR) is 386 cm³/mol. The Bertz CT molecular complexity index is 1840. The fourth-order valence-corrected chi connectivity index (χ4v) is 13.2. The van der Waals surface area contributed by atoms with Gasteiger partial charge in [0.15, 0.2) is 12.2 Å². The van der Waals surface area contributed by atoms with Crippen LogP contribution < -0.4 is 0 Å². The Morgan fingerprint density at radius 3 is 0.716 bits per heavy atom. The lowest BCUT2D eigenvalue weighted by Gasteiger charge is -2.21. The van der Waals surface area contributed by atoms with E-state index in [-0.39, 0.29) is 25.7 Å². The van der Waals surface area contributed by atoms with Crippen LogP contribution in [0.15, 0.2) is 0 Å². The summed E-state index contributed by atoms with van der Waals surface area (Å²) in [5.74, 6) is -0.528. The molecule has 0 aliphatic carbocycles. The molecule has 0 aliphatic rings. The van der Waals surface area contributed by atoms with Crippen molar-refractivity contribution in [2.45, 2.75) is 413 Å². The van der Waals surface area contributed by atoms with E-state index in [0.29, 0.717) is 25.7 Å². The van der Waals surface area contributed by atoms with Gasteiger partial charge in [0.05, 0.1) is 26.4 Å². The van der Waals surface area contributed by atoms with Gasteiger partial charge in [-0.15, -0.1) is 0 Å². The maximum atomic E-state index is 13.1. The van der Waals surface area contributed by atoms with Gasteiger partial charge in [0, 0.05) is 25.7 Å². The van der Waals surface area contributed by atoms with Crippen molar-refractivity contribution in [1.29, 1.82) is 0 Å². The first-order chi connectivity index (χ1) is 45.9. The number of phosphoric acid groups is 2. The maximum Gasteiger partial charge on any atom is 0.472 e. The molecule has 0 aromatic carbocycles. The number of aliphatic hydroxyl groups is 1. The summed E-state index contributed by atoms with van der Waals surface area (Å²) in [5.41, 5.74) is 0. The minimum atomic E-state index is -4.96. The molecule has 0 spiro atoms. The topological polar surface area (TPSA) is 237 Å². The van der Waals surface area contributed by atoms with E-state index in [1.807, 2.05) is 0 Å². The van der Waals surface area contributed by atoms with Crippen LogP contribution in [0.4, 0.5) is 0 Å². The monoisotopic (exact) mass is 1400 g/mol. The summed E-state index contributed by atoms with van der Waals surface area (Å²) >= 11 is 0. The molecule has 564 valence electrons. The lowest BCUT2D eigenvalue weighted by atomic mass is 10.0. The molecular formula is C76H148O17P2. The number of carbonyl (C=O) groups excluding carboxylic acids is 4. The third-order valence-electron chi connectivity index (χ3n) is 17.7. The number of aliphatic hydroxyl groups excluding tert-OH is 1. The summed E-state index contributed by atoms with van der Waals surface area (Å²) in [7, 11) is -9.90. The number of rotatable bonds is 75. The van der Waals surface area contributed by atoms with Crippen molar-refractivity contribution in [3.05, 3.63) is 0 Å². The molecule has 0 bridgehead atoms. The molecule has 0 aliphatic heterocycles. The van der Waals surface area contributed by atoms with Gasteiger partial charge in [-0.3, -0.25) is 37.3 Å². The zero-order valence-corrected chi connectivity index (χ0v) is 63.8. The molecule has 0 aromatic rings. The van der Waals surface area contributed by atoms with Crippen LogP contribution in [0.1, 0.15) is 395 Å². The molecule has 3 N–H and O–H groups in total. The molecule has 0 saturated heterocycles. The van der Waals surface area contributed by atoms with Crippen LogP contribution in [0.3, 0.4) is 0 Å². The fraction of sp³-hybridized carbons (Fsp3) is 0.947. The van der Waals surface area contributed by atoms with Gasteiger partial charge >= 0.3 is 39.5 Å². The van der Waals surface area contributed by atoms with Crippen LogP contribution in [-0.2, 0) is 65.4 Å². The minimum absolute atomic E-state index is 0.107. The van der Waals surface area contributed by atoms with E-state index in [1.54, 1.807) is 0 Å². The maximum absolute atomic E-state index is 13.1. The number of hydrogen-bond donors (Lipinski definition) is 3. The Kier molecular flexibility index (Phi) is 66.5. The average molecular weight is 1400 g/mol. The van der Waals surface area contributed by atoms with Crippen molar-refractivity contribution in [3.8, 4) is 0 Å². The SMILES string of the molecule is CCCCCCCCCCCCCCCC(=O)O[C@H](COC(=O)CCCCCCCCC)COP(=O)(O)OC[C@H](O)COP(=O)(O)OC[C@@H](COC(=O)CCCCCCCCCCCCCC(C)C)OC(=O)CCCCCCCCCCCCCCCCCCCCC(C)C. The quantitative estimate of drug-likeness (QED) is 0.0222. The highest BCUT2D eigenvalue weighted by Crippen LogP contribution is 2.45. The van der Waals surface area contributed by atoms with Gasteiger partial charge in [-0.25, -0.2) is 9.13 Å². The summed E-state index contributed by atoms with van der Waals surface area (Å²) in [6.45, 7) is 9.60. The number of unbranched alkanes of at least 4 members (excludes halogenated alkanes) is 45. The van der Waals surface area contributed by atoms with E-state index < -0.39 is 97.5 Å². The first-order valence-corrected chi connectivity index (χ1v) is 42.5. The van der Waals surface area contributed by atoms with Crippen LogP contribution in [-0.4, -0.2) is 96.7 Å². The van der Waals surface area contributed by atoms with Gasteiger partial charge in [0.2, 0.25) is 0 Å². The largest absolute Gasteiger partial charge is 0.472 e. The van der Waals surface area contributed by atoms with Gasteiger partial charge in [-0.05, 0) is 37.5 Å². The third kappa shape index (κ3) is 70.3. The Hall–Kier alpha value is -1.94. The van der Waals surface area contributed by atoms with Gasteiger partial charge in [0.25, 0.3) is 0 Å². The Morgan fingerprint density at radius 2 is 0.484 bits per heavy atom. The molecule has 0 amide bonds. The summed E-state index contributed by atoms with van der Waals surface area (Å²) in [6.07, 6.45) is 55.6. The molecular weight excluding hydrogens is 1250 g/mol. The average Bonchev–Trinajstić information content (AvgIpc) is 1.80. The lowest BCUT2D eigenvalue weighted by molar-refractivity contribution is -0.161. The second-order valence-electron chi connectivity index (χ2n) is 28.3. The van der Waals surface area contributed by atoms with E-state index in [1.165, 1.54) is 199 Å². The first kappa shape index (κ1) is 93.1. The van der Waals surface area contributed by atoms with Crippen molar-refractivity contribution < 1.29 is 80.2 Å². The molecule has 19 heteroatoms. The van der Waals surface area contributed by atoms with Gasteiger partial charge in [-0.1, -0.05) is 343 Å². The first-order valence-electron chi connectivity index (χ1n) is 39.5. The summed E-state index contributed by atoms with van der Waals surface area (Å²) in [4.78, 5) is 72.6. The second kappa shape index (κ2) is 67.9. The second-order valence-corrected chi connectivity index (χ2v) is 31.3. The highest BCUT2D eigenvalue weighted by molar-refractivity contribution is 7.47. The highest BCUT2D eigenvalue weighted by Gasteiger charge is 2.30. The summed E-state index contributed by atoms with van der Waals surface area (Å²) in [6, 6.07) is 0. The molecule has 0 fully saturated rings. The highest BCUT2D eigenvalue weighted by atomic mass is 31.2. The number of esters is 4. The number of ether oxygens (including phenoxy) is 4. The van der Waals surface area contributed by atoms with Crippen molar-refractivity contribution in [1.82, 2.24) is 0 Å². The molecule has 0 aromatic heterocycles. The van der Waals surface area contributed by atoms with Crippen molar-refractivity contribution >= 4 is 39.5 Å². The molecule has 5 atom stereocenters. The molecule has 17 nitrogen and oxygen atoms in total. The van der Waals surface area contributed by atoms with Gasteiger partial charge < -0.3 is 33.8 Å². The number of phosphoric ester groups is 2. The number of carbonyl (C=O) groups is 4. The number of hydrogen-bond acceptors (Lipinski definition) is 15.